The lowest BCUT2D eigenvalue weighted by Gasteiger charge is -2.31. The molecule has 0 bridgehead atoms. The SMILES string of the molecule is O=C(NCc1ccncc1)[C@@H]1CCCN1C(=O)[C@@H]1CCCN1C(=O)c1ccccc1.O=C(O)C(F)(F)F. The van der Waals surface area contributed by atoms with Crippen molar-refractivity contribution in [3.05, 3.63) is 66.0 Å². The highest BCUT2D eigenvalue weighted by Gasteiger charge is 2.42. The average molecular weight is 521 g/mol. The molecular weight excluding hydrogens is 493 g/mol. The Hall–Kier alpha value is -3.96. The second-order valence-corrected chi connectivity index (χ2v) is 8.59. The standard InChI is InChI=1S/C23H26N4O3.C2HF3O2/c28-21(25-16-17-10-12-24-13-11-17)19-8-4-14-26(19)23(30)20-9-5-15-27(20)22(29)18-6-2-1-3-7-18;3-2(4,5)1(6)7/h1-3,6-7,10-13,19-20H,4-5,8-9,14-16H2,(H,25,28);(H,6,7)/t19-,20-;/m0./s1. The van der Waals surface area contributed by atoms with Gasteiger partial charge >= 0.3 is 12.1 Å². The molecule has 2 atom stereocenters. The monoisotopic (exact) mass is 520 g/mol. The normalized spacial score (nSPS) is 19.1. The van der Waals surface area contributed by atoms with Gasteiger partial charge in [0.05, 0.1) is 0 Å². The first-order valence-electron chi connectivity index (χ1n) is 11.7. The molecular formula is C25H27F3N4O5. The fraction of sp³-hybridized carbons (Fsp3) is 0.400. The van der Waals surface area contributed by atoms with E-state index >= 15 is 0 Å². The number of carboxylic acids is 1. The molecule has 2 aliphatic heterocycles. The summed E-state index contributed by atoms with van der Waals surface area (Å²) >= 11 is 0. The fourth-order valence-electron chi connectivity index (χ4n) is 4.32. The summed E-state index contributed by atoms with van der Waals surface area (Å²) in [5, 5.41) is 10.1. The Bertz CT molecular complexity index is 1100. The Labute approximate surface area is 211 Å². The molecule has 0 saturated carbocycles. The first-order valence-corrected chi connectivity index (χ1v) is 11.7. The van der Waals surface area contributed by atoms with E-state index in [9.17, 15) is 27.6 Å². The molecule has 0 unspecified atom stereocenters. The van der Waals surface area contributed by atoms with Crippen LogP contribution in [0.2, 0.25) is 0 Å². The van der Waals surface area contributed by atoms with Gasteiger partial charge in [-0.1, -0.05) is 18.2 Å². The number of hydrogen-bond donors (Lipinski definition) is 2. The molecule has 2 aromatic rings. The van der Waals surface area contributed by atoms with Gasteiger partial charge in [0.2, 0.25) is 11.8 Å². The molecule has 9 nitrogen and oxygen atoms in total. The highest BCUT2D eigenvalue weighted by Crippen LogP contribution is 2.26. The predicted molar refractivity (Wildman–Crippen MR) is 125 cm³/mol. The topological polar surface area (TPSA) is 120 Å². The van der Waals surface area contributed by atoms with Crippen molar-refractivity contribution in [3.8, 4) is 0 Å². The Morgan fingerprint density at radius 1 is 0.919 bits per heavy atom. The lowest BCUT2D eigenvalue weighted by Crippen LogP contribution is -2.52. The van der Waals surface area contributed by atoms with Gasteiger partial charge in [-0.15, -0.1) is 0 Å². The summed E-state index contributed by atoms with van der Waals surface area (Å²) in [6.45, 7) is 1.52. The summed E-state index contributed by atoms with van der Waals surface area (Å²) in [6, 6.07) is 11.8. The Balaban J connectivity index is 0.000000479. The molecule has 37 heavy (non-hydrogen) atoms. The van der Waals surface area contributed by atoms with Gasteiger partial charge in [0, 0.05) is 37.6 Å². The van der Waals surface area contributed by atoms with Gasteiger partial charge in [0.15, 0.2) is 0 Å². The third kappa shape index (κ3) is 7.28. The van der Waals surface area contributed by atoms with Crippen molar-refractivity contribution in [2.24, 2.45) is 0 Å². The Morgan fingerprint density at radius 3 is 2.08 bits per heavy atom. The molecule has 2 saturated heterocycles. The molecule has 0 radical (unpaired) electrons. The van der Waals surface area contributed by atoms with Crippen molar-refractivity contribution in [1.29, 1.82) is 0 Å². The van der Waals surface area contributed by atoms with E-state index in [4.69, 9.17) is 9.90 Å². The van der Waals surface area contributed by atoms with E-state index in [1.54, 1.807) is 34.3 Å². The Morgan fingerprint density at radius 2 is 1.49 bits per heavy atom. The van der Waals surface area contributed by atoms with Crippen LogP contribution in [0.4, 0.5) is 13.2 Å². The highest BCUT2D eigenvalue weighted by molar-refractivity contribution is 5.99. The summed E-state index contributed by atoms with van der Waals surface area (Å²) < 4.78 is 31.7. The van der Waals surface area contributed by atoms with Crippen LogP contribution < -0.4 is 5.32 Å². The van der Waals surface area contributed by atoms with Crippen LogP contribution in [0.25, 0.3) is 0 Å². The van der Waals surface area contributed by atoms with E-state index in [-0.39, 0.29) is 17.7 Å². The van der Waals surface area contributed by atoms with Gasteiger partial charge in [-0.3, -0.25) is 19.4 Å². The molecule has 3 amide bonds. The van der Waals surface area contributed by atoms with E-state index in [2.05, 4.69) is 10.3 Å². The maximum atomic E-state index is 13.3. The number of hydrogen-bond acceptors (Lipinski definition) is 5. The molecule has 1 aromatic carbocycles. The number of nitrogens with one attached hydrogen (secondary N) is 1. The zero-order valence-corrected chi connectivity index (χ0v) is 19.9. The van der Waals surface area contributed by atoms with Gasteiger partial charge in [0.25, 0.3) is 5.91 Å². The minimum atomic E-state index is -5.08. The molecule has 198 valence electrons. The lowest BCUT2D eigenvalue weighted by atomic mass is 10.1. The van der Waals surface area contributed by atoms with Crippen molar-refractivity contribution in [1.82, 2.24) is 20.1 Å². The van der Waals surface area contributed by atoms with E-state index in [0.717, 1.165) is 18.4 Å². The average Bonchev–Trinajstić information content (AvgIpc) is 3.58. The van der Waals surface area contributed by atoms with Gasteiger partial charge in [-0.2, -0.15) is 13.2 Å². The summed E-state index contributed by atoms with van der Waals surface area (Å²) in [5.41, 5.74) is 1.55. The molecule has 3 heterocycles. The predicted octanol–water partition coefficient (Wildman–Crippen LogP) is 2.63. The summed E-state index contributed by atoms with van der Waals surface area (Å²) in [7, 11) is 0. The van der Waals surface area contributed by atoms with Crippen LogP contribution in [0, 0.1) is 0 Å². The largest absolute Gasteiger partial charge is 0.490 e. The van der Waals surface area contributed by atoms with Crippen LogP contribution in [0.5, 0.6) is 0 Å². The number of alkyl halides is 3. The minimum absolute atomic E-state index is 0.113. The molecule has 0 aliphatic carbocycles. The quantitative estimate of drug-likeness (QED) is 0.626. The van der Waals surface area contributed by atoms with Gasteiger partial charge in [-0.05, 0) is 55.5 Å². The second kappa shape index (κ2) is 12.3. The van der Waals surface area contributed by atoms with Gasteiger partial charge < -0.3 is 20.2 Å². The number of nitrogens with zero attached hydrogens (tertiary/aromatic N) is 3. The molecule has 1 aromatic heterocycles. The van der Waals surface area contributed by atoms with Gasteiger partial charge in [0.1, 0.15) is 12.1 Å². The number of benzene rings is 1. The van der Waals surface area contributed by atoms with E-state index < -0.39 is 24.2 Å². The number of amides is 3. The summed E-state index contributed by atoms with van der Waals surface area (Å²) in [6.07, 6.45) is 1.16. The van der Waals surface area contributed by atoms with Crippen LogP contribution in [0.1, 0.15) is 41.6 Å². The minimum Gasteiger partial charge on any atom is -0.475 e. The number of halogens is 3. The number of likely N-dealkylation sites (tertiary alicyclic amines) is 2. The first-order chi connectivity index (χ1) is 17.6. The van der Waals surface area contributed by atoms with Crippen LogP contribution in [0.15, 0.2) is 54.9 Å². The van der Waals surface area contributed by atoms with Crippen molar-refractivity contribution < 1.29 is 37.5 Å². The number of carboxylic acid groups (broad SMARTS) is 1. The Kier molecular flexibility index (Phi) is 9.20. The number of rotatable bonds is 5. The smallest absolute Gasteiger partial charge is 0.475 e. The van der Waals surface area contributed by atoms with Crippen molar-refractivity contribution in [3.63, 3.8) is 0 Å². The second-order valence-electron chi connectivity index (χ2n) is 8.59. The number of carbonyl (C=O) groups excluding carboxylic acids is 3. The van der Waals surface area contributed by atoms with E-state index in [1.165, 1.54) is 0 Å². The zero-order valence-electron chi connectivity index (χ0n) is 19.9. The highest BCUT2D eigenvalue weighted by atomic mass is 19.4. The van der Waals surface area contributed by atoms with Crippen LogP contribution in [0.3, 0.4) is 0 Å². The van der Waals surface area contributed by atoms with E-state index in [1.807, 2.05) is 30.3 Å². The molecule has 2 fully saturated rings. The van der Waals surface area contributed by atoms with Crippen molar-refractivity contribution >= 4 is 23.7 Å². The van der Waals surface area contributed by atoms with E-state index in [0.29, 0.717) is 38.0 Å². The molecule has 2 aliphatic rings. The van der Waals surface area contributed by atoms with Crippen LogP contribution in [-0.4, -0.2) is 74.9 Å². The van der Waals surface area contributed by atoms with Gasteiger partial charge in [-0.25, -0.2) is 4.79 Å². The molecule has 2 N–H and O–H groups in total. The molecule has 0 spiro atoms. The lowest BCUT2D eigenvalue weighted by molar-refractivity contribution is -0.192. The summed E-state index contributed by atoms with van der Waals surface area (Å²) in [4.78, 5) is 55.2. The molecule has 4 rings (SSSR count). The number of pyridine rings is 1. The number of aromatic nitrogens is 1. The number of carbonyl (C=O) groups is 4. The maximum Gasteiger partial charge on any atom is 0.490 e. The fourth-order valence-corrected chi connectivity index (χ4v) is 4.32. The van der Waals surface area contributed by atoms with Crippen molar-refractivity contribution in [2.75, 3.05) is 13.1 Å². The van der Waals surface area contributed by atoms with Crippen LogP contribution >= 0.6 is 0 Å². The molecule has 12 heteroatoms. The van der Waals surface area contributed by atoms with Crippen molar-refractivity contribution in [2.45, 2.75) is 50.5 Å². The van der Waals surface area contributed by atoms with Crippen LogP contribution in [-0.2, 0) is 20.9 Å². The third-order valence-electron chi connectivity index (χ3n) is 6.12. The zero-order chi connectivity index (χ0) is 27.0. The summed E-state index contributed by atoms with van der Waals surface area (Å²) in [5.74, 6) is -3.13. The first kappa shape index (κ1) is 27.6. The number of aliphatic carboxylic acids is 1. The maximum absolute atomic E-state index is 13.3. The third-order valence-corrected chi connectivity index (χ3v) is 6.12.